The number of guanidine groups is 1. The highest BCUT2D eigenvalue weighted by Crippen LogP contribution is 2.21. The van der Waals surface area contributed by atoms with Crippen LogP contribution >= 0.6 is 11.6 Å². The van der Waals surface area contributed by atoms with Crippen LogP contribution in [-0.4, -0.2) is 41.4 Å². The van der Waals surface area contributed by atoms with Crippen molar-refractivity contribution in [2.24, 2.45) is 4.99 Å². The maximum Gasteiger partial charge on any atom is 0.249 e. The highest BCUT2D eigenvalue weighted by molar-refractivity contribution is 6.30. The molecule has 28 heavy (non-hydrogen) atoms. The Balaban J connectivity index is 1.48. The first-order valence-corrected chi connectivity index (χ1v) is 9.40. The van der Waals surface area contributed by atoms with E-state index >= 15 is 0 Å². The van der Waals surface area contributed by atoms with Crippen LogP contribution in [0.3, 0.4) is 0 Å². The third kappa shape index (κ3) is 4.99. The topological polar surface area (TPSA) is 81.8 Å². The zero-order chi connectivity index (χ0) is 19.8. The number of carbonyl (C=O) groups is 1. The number of unbranched alkanes of at least 4 members (excludes halogenated alkanes) is 2. The molecule has 0 saturated carbocycles. The molecule has 1 fully saturated rings. The van der Waals surface area contributed by atoms with Crippen molar-refractivity contribution in [2.75, 3.05) is 24.6 Å². The van der Waals surface area contributed by atoms with E-state index in [2.05, 4.69) is 9.98 Å². The molecule has 0 radical (unpaired) electrons. The Morgan fingerprint density at radius 2 is 1.89 bits per heavy atom. The van der Waals surface area contributed by atoms with Gasteiger partial charge in [-0.05, 0) is 55.7 Å². The number of anilines is 1. The summed E-state index contributed by atoms with van der Waals surface area (Å²) in [6.45, 7) is 1.28. The van der Waals surface area contributed by atoms with Crippen LogP contribution in [0, 0.1) is 11.5 Å². The average molecular weight is 398 g/mol. The fourth-order valence-corrected chi connectivity index (χ4v) is 3.07. The number of ether oxygens (including phenoxy) is 1. The van der Waals surface area contributed by atoms with E-state index in [1.807, 2.05) is 12.1 Å². The third-order valence-corrected chi connectivity index (χ3v) is 4.56. The van der Waals surface area contributed by atoms with Gasteiger partial charge in [-0.2, -0.15) is 5.26 Å². The SMILES string of the molecule is N#CN=C1N(CCCCCOc2ccc(Cl)cc2)C(=O)CN1c1ccncc1. The Hall–Kier alpha value is -3.11. The molecule has 0 aliphatic carbocycles. The van der Waals surface area contributed by atoms with Gasteiger partial charge in [0.15, 0.2) is 0 Å². The van der Waals surface area contributed by atoms with Crippen LogP contribution in [0.15, 0.2) is 53.8 Å². The molecule has 0 unspecified atom stereocenters. The molecular formula is C20H20ClN5O2. The molecule has 8 heteroatoms. The van der Waals surface area contributed by atoms with E-state index in [-0.39, 0.29) is 12.5 Å². The molecule has 1 aliphatic rings. The summed E-state index contributed by atoms with van der Waals surface area (Å²) in [5.74, 6) is 1.09. The van der Waals surface area contributed by atoms with E-state index in [0.717, 1.165) is 30.7 Å². The number of hydrogen-bond acceptors (Lipinski definition) is 5. The van der Waals surface area contributed by atoms with E-state index in [1.165, 1.54) is 0 Å². The number of halogens is 1. The first-order chi connectivity index (χ1) is 13.7. The molecule has 0 spiro atoms. The Kier molecular flexibility index (Phi) is 6.82. The van der Waals surface area contributed by atoms with Gasteiger partial charge in [0.25, 0.3) is 0 Å². The molecule has 0 N–H and O–H groups in total. The van der Waals surface area contributed by atoms with Crippen LogP contribution < -0.4 is 9.64 Å². The van der Waals surface area contributed by atoms with Crippen LogP contribution in [-0.2, 0) is 4.79 Å². The van der Waals surface area contributed by atoms with Gasteiger partial charge in [0.05, 0.1) is 6.61 Å². The van der Waals surface area contributed by atoms with Crippen molar-refractivity contribution in [2.45, 2.75) is 19.3 Å². The number of amides is 1. The smallest absolute Gasteiger partial charge is 0.249 e. The van der Waals surface area contributed by atoms with Crippen molar-refractivity contribution in [3.63, 3.8) is 0 Å². The van der Waals surface area contributed by atoms with E-state index < -0.39 is 0 Å². The lowest BCUT2D eigenvalue weighted by Crippen LogP contribution is -2.35. The van der Waals surface area contributed by atoms with E-state index in [9.17, 15) is 4.79 Å². The predicted octanol–water partition coefficient (Wildman–Crippen LogP) is 3.47. The van der Waals surface area contributed by atoms with Gasteiger partial charge < -0.3 is 9.64 Å². The predicted molar refractivity (Wildman–Crippen MR) is 107 cm³/mol. The van der Waals surface area contributed by atoms with Crippen molar-refractivity contribution >= 4 is 29.2 Å². The lowest BCUT2D eigenvalue weighted by molar-refractivity contribution is -0.124. The largest absolute Gasteiger partial charge is 0.494 e. The third-order valence-electron chi connectivity index (χ3n) is 4.31. The molecule has 1 amide bonds. The van der Waals surface area contributed by atoms with Crippen molar-refractivity contribution in [3.8, 4) is 11.9 Å². The summed E-state index contributed by atoms with van der Waals surface area (Å²) in [5.41, 5.74) is 0.788. The Morgan fingerprint density at radius 3 is 2.61 bits per heavy atom. The van der Waals surface area contributed by atoms with Crippen molar-refractivity contribution < 1.29 is 9.53 Å². The van der Waals surface area contributed by atoms with Crippen LogP contribution in [0.4, 0.5) is 5.69 Å². The highest BCUT2D eigenvalue weighted by Gasteiger charge is 2.34. The molecule has 0 atom stereocenters. The number of aliphatic imine (C=N–C) groups is 1. The molecule has 1 saturated heterocycles. The first-order valence-electron chi connectivity index (χ1n) is 9.02. The molecule has 1 aliphatic heterocycles. The van der Waals surface area contributed by atoms with Gasteiger partial charge in [-0.15, -0.1) is 4.99 Å². The van der Waals surface area contributed by atoms with Gasteiger partial charge in [0.1, 0.15) is 12.3 Å². The second-order valence-corrected chi connectivity index (χ2v) is 6.65. The summed E-state index contributed by atoms with van der Waals surface area (Å²) in [5, 5.41) is 9.70. The summed E-state index contributed by atoms with van der Waals surface area (Å²) < 4.78 is 5.67. The number of nitrogens with zero attached hydrogens (tertiary/aromatic N) is 5. The number of nitriles is 1. The van der Waals surface area contributed by atoms with Crippen LogP contribution in [0.2, 0.25) is 5.02 Å². The molecule has 7 nitrogen and oxygen atoms in total. The molecular weight excluding hydrogens is 378 g/mol. The molecule has 1 aromatic heterocycles. The van der Waals surface area contributed by atoms with Crippen molar-refractivity contribution in [3.05, 3.63) is 53.8 Å². The maximum atomic E-state index is 12.4. The Bertz CT molecular complexity index is 864. The lowest BCUT2D eigenvalue weighted by Gasteiger charge is -2.20. The number of carbonyl (C=O) groups excluding carboxylic acids is 1. The molecule has 144 valence electrons. The highest BCUT2D eigenvalue weighted by atomic mass is 35.5. The zero-order valence-electron chi connectivity index (χ0n) is 15.3. The summed E-state index contributed by atoms with van der Waals surface area (Å²) in [4.78, 5) is 23.6. The van der Waals surface area contributed by atoms with Crippen LogP contribution in [0.1, 0.15) is 19.3 Å². The number of benzene rings is 1. The minimum absolute atomic E-state index is 0.0665. The average Bonchev–Trinajstić information content (AvgIpc) is 3.02. The molecule has 1 aromatic carbocycles. The summed E-state index contributed by atoms with van der Waals surface area (Å²) >= 11 is 5.85. The monoisotopic (exact) mass is 397 g/mol. The van der Waals surface area contributed by atoms with E-state index in [4.69, 9.17) is 21.6 Å². The number of aromatic nitrogens is 1. The number of rotatable bonds is 8. The van der Waals surface area contributed by atoms with Gasteiger partial charge >= 0.3 is 0 Å². The van der Waals surface area contributed by atoms with E-state index in [0.29, 0.717) is 24.1 Å². The molecule has 0 bridgehead atoms. The first kappa shape index (κ1) is 19.6. The van der Waals surface area contributed by atoms with Gasteiger partial charge in [-0.1, -0.05) is 11.6 Å². The summed E-state index contributed by atoms with van der Waals surface area (Å²) in [7, 11) is 0. The summed E-state index contributed by atoms with van der Waals surface area (Å²) in [6.07, 6.45) is 7.65. The van der Waals surface area contributed by atoms with Gasteiger partial charge in [-0.25, -0.2) is 0 Å². The zero-order valence-corrected chi connectivity index (χ0v) is 16.0. The van der Waals surface area contributed by atoms with Gasteiger partial charge in [0.2, 0.25) is 18.1 Å². The Labute approximate surface area is 168 Å². The fourth-order valence-electron chi connectivity index (χ4n) is 2.94. The number of pyridine rings is 1. The Morgan fingerprint density at radius 1 is 1.14 bits per heavy atom. The molecule has 2 aromatic rings. The second-order valence-electron chi connectivity index (χ2n) is 6.21. The van der Waals surface area contributed by atoms with E-state index in [1.54, 1.807) is 52.7 Å². The normalized spacial score (nSPS) is 15.1. The minimum Gasteiger partial charge on any atom is -0.494 e. The van der Waals surface area contributed by atoms with Gasteiger partial charge in [-0.3, -0.25) is 14.7 Å². The van der Waals surface area contributed by atoms with Crippen LogP contribution in [0.25, 0.3) is 0 Å². The molecule has 3 rings (SSSR count). The van der Waals surface area contributed by atoms with Gasteiger partial charge in [0, 0.05) is 29.6 Å². The van der Waals surface area contributed by atoms with Crippen molar-refractivity contribution in [1.29, 1.82) is 5.26 Å². The minimum atomic E-state index is -0.0665. The molecule has 2 heterocycles. The standard InChI is InChI=1S/C20H20ClN5O2/c21-16-4-6-18(7-5-16)28-13-3-1-2-12-25-19(27)14-26(20(25)24-15-22)17-8-10-23-11-9-17/h4-11H,1-3,12-14H2. The fraction of sp³-hybridized carbons (Fsp3) is 0.300. The number of hydrogen-bond donors (Lipinski definition) is 0. The second kappa shape index (κ2) is 9.72. The van der Waals surface area contributed by atoms with Crippen LogP contribution in [0.5, 0.6) is 5.75 Å². The lowest BCUT2D eigenvalue weighted by atomic mass is 10.2. The van der Waals surface area contributed by atoms with Crippen molar-refractivity contribution in [1.82, 2.24) is 9.88 Å². The quantitative estimate of drug-likeness (QED) is 0.503. The maximum absolute atomic E-state index is 12.4. The summed E-state index contributed by atoms with van der Waals surface area (Å²) in [6, 6.07) is 10.8.